The average Bonchev–Trinajstić information content (AvgIpc) is 2.48. The third kappa shape index (κ3) is 3.43. The van der Waals surface area contributed by atoms with Crippen molar-refractivity contribution in [1.82, 2.24) is 9.97 Å². The summed E-state index contributed by atoms with van der Waals surface area (Å²) in [6, 6.07) is 9.38. The molecule has 6 heteroatoms. The van der Waals surface area contributed by atoms with Gasteiger partial charge in [0.1, 0.15) is 11.6 Å². The standard InChI is InChI=1S/C14H18N4O2/c1-3-20-12-6-4-5-10(7-12)14-16-11(9-19-2)8-13(17-14)18-15/h4-8H,3,9,15H2,1-2H3,(H,16,17,18). The average molecular weight is 274 g/mol. The van der Waals surface area contributed by atoms with E-state index >= 15 is 0 Å². The van der Waals surface area contributed by atoms with Gasteiger partial charge in [0.05, 0.1) is 18.9 Å². The first kappa shape index (κ1) is 14.2. The van der Waals surface area contributed by atoms with Crippen molar-refractivity contribution in [2.24, 2.45) is 5.84 Å². The minimum absolute atomic E-state index is 0.398. The first-order valence-corrected chi connectivity index (χ1v) is 6.33. The number of nitrogens with one attached hydrogen (secondary N) is 1. The summed E-state index contributed by atoms with van der Waals surface area (Å²) in [6.07, 6.45) is 0. The number of nitrogens with zero attached hydrogens (tertiary/aromatic N) is 2. The lowest BCUT2D eigenvalue weighted by molar-refractivity contribution is 0.181. The summed E-state index contributed by atoms with van der Waals surface area (Å²) in [7, 11) is 1.62. The fraction of sp³-hybridized carbons (Fsp3) is 0.286. The summed E-state index contributed by atoms with van der Waals surface area (Å²) in [4.78, 5) is 8.80. The maximum atomic E-state index is 5.48. The number of hydrogen-bond acceptors (Lipinski definition) is 6. The van der Waals surface area contributed by atoms with Crippen molar-refractivity contribution in [1.29, 1.82) is 0 Å². The van der Waals surface area contributed by atoms with E-state index in [0.717, 1.165) is 17.0 Å². The number of methoxy groups -OCH3 is 1. The van der Waals surface area contributed by atoms with Gasteiger partial charge >= 0.3 is 0 Å². The summed E-state index contributed by atoms with van der Waals surface area (Å²) in [5, 5.41) is 0. The number of aromatic nitrogens is 2. The first-order chi connectivity index (χ1) is 9.76. The molecule has 0 fully saturated rings. The van der Waals surface area contributed by atoms with E-state index in [1.807, 2.05) is 31.2 Å². The molecule has 1 heterocycles. The van der Waals surface area contributed by atoms with Crippen molar-refractivity contribution in [2.75, 3.05) is 19.1 Å². The second kappa shape index (κ2) is 6.83. The van der Waals surface area contributed by atoms with Crippen LogP contribution in [-0.4, -0.2) is 23.7 Å². The quantitative estimate of drug-likeness (QED) is 0.619. The molecule has 0 radical (unpaired) electrons. The van der Waals surface area contributed by atoms with Gasteiger partial charge in [0.2, 0.25) is 0 Å². The molecule has 0 amide bonds. The van der Waals surface area contributed by atoms with Crippen molar-refractivity contribution in [3.63, 3.8) is 0 Å². The van der Waals surface area contributed by atoms with E-state index < -0.39 is 0 Å². The topological polar surface area (TPSA) is 82.3 Å². The molecule has 1 aromatic heterocycles. The molecule has 0 bridgehead atoms. The molecule has 20 heavy (non-hydrogen) atoms. The molecule has 2 rings (SSSR count). The van der Waals surface area contributed by atoms with Crippen LogP contribution in [0.2, 0.25) is 0 Å². The SMILES string of the molecule is CCOc1cccc(-c2nc(COC)cc(NN)n2)c1. The van der Waals surface area contributed by atoms with E-state index in [4.69, 9.17) is 15.3 Å². The van der Waals surface area contributed by atoms with Gasteiger partial charge in [-0.2, -0.15) is 0 Å². The summed E-state index contributed by atoms with van der Waals surface area (Å²) in [5.41, 5.74) is 4.16. The highest BCUT2D eigenvalue weighted by molar-refractivity contribution is 5.59. The van der Waals surface area contributed by atoms with Crippen molar-refractivity contribution in [3.05, 3.63) is 36.0 Å². The van der Waals surface area contributed by atoms with E-state index in [-0.39, 0.29) is 0 Å². The lowest BCUT2D eigenvalue weighted by atomic mass is 10.2. The fourth-order valence-electron chi connectivity index (χ4n) is 1.81. The van der Waals surface area contributed by atoms with Crippen LogP contribution in [0, 0.1) is 0 Å². The molecule has 1 aromatic carbocycles. The number of rotatable bonds is 6. The zero-order valence-electron chi connectivity index (χ0n) is 11.6. The number of nitrogens with two attached hydrogens (primary N) is 1. The Hall–Kier alpha value is -2.18. The monoisotopic (exact) mass is 274 g/mol. The van der Waals surface area contributed by atoms with Gasteiger partial charge in [0, 0.05) is 18.7 Å². The van der Waals surface area contributed by atoms with Gasteiger partial charge in [0.15, 0.2) is 5.82 Å². The first-order valence-electron chi connectivity index (χ1n) is 6.33. The zero-order valence-corrected chi connectivity index (χ0v) is 11.6. The van der Waals surface area contributed by atoms with Crippen LogP contribution >= 0.6 is 0 Å². The van der Waals surface area contributed by atoms with Gasteiger partial charge in [0.25, 0.3) is 0 Å². The van der Waals surface area contributed by atoms with Crippen LogP contribution in [0.1, 0.15) is 12.6 Å². The highest BCUT2D eigenvalue weighted by atomic mass is 16.5. The lowest BCUT2D eigenvalue weighted by Gasteiger charge is -2.09. The van der Waals surface area contributed by atoms with Gasteiger partial charge in [-0.25, -0.2) is 15.8 Å². The Bertz CT molecular complexity index is 575. The van der Waals surface area contributed by atoms with Crippen LogP contribution in [0.5, 0.6) is 5.75 Å². The Morgan fingerprint density at radius 1 is 1.25 bits per heavy atom. The molecule has 6 nitrogen and oxygen atoms in total. The van der Waals surface area contributed by atoms with Gasteiger partial charge in [-0.1, -0.05) is 12.1 Å². The number of hydrogen-bond donors (Lipinski definition) is 2. The molecular formula is C14H18N4O2. The predicted octanol–water partition coefficient (Wildman–Crippen LogP) is 1.97. The summed E-state index contributed by atoms with van der Waals surface area (Å²) in [5.74, 6) is 7.34. The summed E-state index contributed by atoms with van der Waals surface area (Å²) < 4.78 is 10.6. The Balaban J connectivity index is 2.39. The minimum atomic E-state index is 0.398. The number of nitrogen functional groups attached to an aromatic ring is 1. The maximum absolute atomic E-state index is 5.48. The van der Waals surface area contributed by atoms with E-state index in [0.29, 0.717) is 24.9 Å². The molecule has 3 N–H and O–H groups in total. The summed E-state index contributed by atoms with van der Waals surface area (Å²) >= 11 is 0. The van der Waals surface area contributed by atoms with Crippen LogP contribution in [0.15, 0.2) is 30.3 Å². The van der Waals surface area contributed by atoms with E-state index in [2.05, 4.69) is 15.4 Å². The largest absolute Gasteiger partial charge is 0.494 e. The molecule has 0 spiro atoms. The molecule has 0 aliphatic rings. The van der Waals surface area contributed by atoms with Crippen LogP contribution in [0.25, 0.3) is 11.4 Å². The maximum Gasteiger partial charge on any atom is 0.162 e. The minimum Gasteiger partial charge on any atom is -0.494 e. The van der Waals surface area contributed by atoms with Crippen LogP contribution in [-0.2, 0) is 11.3 Å². The Morgan fingerprint density at radius 2 is 2.10 bits per heavy atom. The third-order valence-electron chi connectivity index (χ3n) is 2.62. The van der Waals surface area contributed by atoms with Crippen LogP contribution in [0.4, 0.5) is 5.82 Å². The number of anilines is 1. The van der Waals surface area contributed by atoms with Crippen LogP contribution in [0.3, 0.4) is 0 Å². The molecule has 0 saturated heterocycles. The van der Waals surface area contributed by atoms with E-state index in [1.165, 1.54) is 0 Å². The lowest BCUT2D eigenvalue weighted by Crippen LogP contribution is -2.10. The molecule has 0 aliphatic heterocycles. The number of benzene rings is 1. The summed E-state index contributed by atoms with van der Waals surface area (Å²) in [6.45, 7) is 2.96. The van der Waals surface area contributed by atoms with Crippen molar-refractivity contribution in [2.45, 2.75) is 13.5 Å². The zero-order chi connectivity index (χ0) is 14.4. The molecule has 106 valence electrons. The Kier molecular flexibility index (Phi) is 4.86. The normalized spacial score (nSPS) is 10.3. The highest BCUT2D eigenvalue weighted by Crippen LogP contribution is 2.22. The Labute approximate surface area is 117 Å². The predicted molar refractivity (Wildman–Crippen MR) is 77.2 cm³/mol. The second-order valence-electron chi connectivity index (χ2n) is 4.11. The Morgan fingerprint density at radius 3 is 2.80 bits per heavy atom. The fourth-order valence-corrected chi connectivity index (χ4v) is 1.81. The number of hydrazine groups is 1. The molecular weight excluding hydrogens is 256 g/mol. The van der Waals surface area contributed by atoms with E-state index in [1.54, 1.807) is 13.2 Å². The van der Waals surface area contributed by atoms with E-state index in [9.17, 15) is 0 Å². The van der Waals surface area contributed by atoms with Gasteiger partial charge in [-0.15, -0.1) is 0 Å². The third-order valence-corrected chi connectivity index (χ3v) is 2.62. The van der Waals surface area contributed by atoms with Crippen LogP contribution < -0.4 is 16.0 Å². The van der Waals surface area contributed by atoms with Gasteiger partial charge in [-0.05, 0) is 19.1 Å². The molecule has 2 aromatic rings. The molecule has 0 saturated carbocycles. The van der Waals surface area contributed by atoms with Gasteiger partial charge < -0.3 is 14.9 Å². The molecule has 0 unspecified atom stereocenters. The smallest absolute Gasteiger partial charge is 0.162 e. The van der Waals surface area contributed by atoms with Crippen molar-refractivity contribution in [3.8, 4) is 17.1 Å². The molecule has 0 aliphatic carbocycles. The van der Waals surface area contributed by atoms with Crippen molar-refractivity contribution < 1.29 is 9.47 Å². The van der Waals surface area contributed by atoms with Crippen molar-refractivity contribution >= 4 is 5.82 Å². The number of ether oxygens (including phenoxy) is 2. The second-order valence-corrected chi connectivity index (χ2v) is 4.11. The highest BCUT2D eigenvalue weighted by Gasteiger charge is 2.07. The molecule has 0 atom stereocenters. The van der Waals surface area contributed by atoms with Gasteiger partial charge in [-0.3, -0.25) is 0 Å².